The van der Waals surface area contributed by atoms with Crippen LogP contribution in [0.15, 0.2) is 40.8 Å². The molecule has 0 heterocycles. The summed E-state index contributed by atoms with van der Waals surface area (Å²) in [4.78, 5) is 0.254. The summed E-state index contributed by atoms with van der Waals surface area (Å²) in [6.45, 7) is 13.3. The van der Waals surface area contributed by atoms with E-state index in [2.05, 4.69) is 34.6 Å². The van der Waals surface area contributed by atoms with E-state index in [0.717, 1.165) is 30.6 Å². The number of hydrogen-bond acceptors (Lipinski definition) is 3. The lowest BCUT2D eigenvalue weighted by Crippen LogP contribution is -2.08. The molecule has 0 aliphatic carbocycles. The second-order valence-corrected chi connectivity index (χ2v) is 11.5. The number of rotatable bonds is 16. The van der Waals surface area contributed by atoms with Crippen molar-refractivity contribution in [2.45, 2.75) is 104 Å². The highest BCUT2D eigenvalue weighted by molar-refractivity contribution is 7.86. The Hall–Kier alpha value is -1.13. The van der Waals surface area contributed by atoms with Gasteiger partial charge in [0.05, 0.1) is 11.5 Å². The van der Waals surface area contributed by atoms with Crippen LogP contribution in [0.1, 0.15) is 98.0 Å². The summed E-state index contributed by atoms with van der Waals surface area (Å²) in [6.07, 6.45) is 13.4. The van der Waals surface area contributed by atoms with E-state index in [1.54, 1.807) is 25.1 Å². The molecular formula is C27H46O3S. The van der Waals surface area contributed by atoms with E-state index in [1.165, 1.54) is 50.5 Å². The van der Waals surface area contributed by atoms with Crippen LogP contribution in [0.5, 0.6) is 0 Å². The number of aryl methyl sites for hydroxylation is 1. The van der Waals surface area contributed by atoms with Crippen molar-refractivity contribution in [3.05, 3.63) is 41.5 Å². The summed E-state index contributed by atoms with van der Waals surface area (Å²) in [5.41, 5.74) is 1.91. The second kappa shape index (κ2) is 14.8. The molecule has 1 aromatic carbocycles. The van der Waals surface area contributed by atoms with Crippen LogP contribution >= 0.6 is 0 Å². The van der Waals surface area contributed by atoms with Crippen molar-refractivity contribution >= 4 is 10.1 Å². The Bertz CT molecular complexity index is 749. The van der Waals surface area contributed by atoms with Gasteiger partial charge in [0.2, 0.25) is 0 Å². The van der Waals surface area contributed by atoms with E-state index in [4.69, 9.17) is 4.18 Å². The minimum Gasteiger partial charge on any atom is -0.262 e. The molecule has 0 amide bonds. The molecule has 0 aliphatic rings. The number of hydrogen-bond donors (Lipinski definition) is 0. The SMILES string of the molecule is C/C(=C\COS(=O)(=O)c1ccccc1C)CCC[C@H](C)CCC[C@H](C)CCCC(C)C. The van der Waals surface area contributed by atoms with Crippen molar-refractivity contribution < 1.29 is 12.6 Å². The Morgan fingerprint density at radius 3 is 2.03 bits per heavy atom. The van der Waals surface area contributed by atoms with Gasteiger partial charge in [0.15, 0.2) is 0 Å². The molecule has 3 nitrogen and oxygen atoms in total. The van der Waals surface area contributed by atoms with E-state index in [0.29, 0.717) is 5.56 Å². The van der Waals surface area contributed by atoms with Crippen molar-refractivity contribution in [3.8, 4) is 0 Å². The molecule has 1 aromatic rings. The molecule has 0 unspecified atom stereocenters. The molecule has 0 aliphatic heterocycles. The van der Waals surface area contributed by atoms with Crippen molar-refractivity contribution in [1.82, 2.24) is 0 Å². The van der Waals surface area contributed by atoms with Crippen LogP contribution in [-0.4, -0.2) is 15.0 Å². The van der Waals surface area contributed by atoms with Crippen molar-refractivity contribution in [3.63, 3.8) is 0 Å². The molecule has 0 aromatic heterocycles. The summed E-state index contributed by atoms with van der Waals surface area (Å²) >= 11 is 0. The summed E-state index contributed by atoms with van der Waals surface area (Å²) in [5, 5.41) is 0. The van der Waals surface area contributed by atoms with E-state index in [-0.39, 0.29) is 11.5 Å². The number of allylic oxidation sites excluding steroid dienone is 1. The maximum Gasteiger partial charge on any atom is 0.297 e. The van der Waals surface area contributed by atoms with E-state index >= 15 is 0 Å². The van der Waals surface area contributed by atoms with Crippen LogP contribution in [0.25, 0.3) is 0 Å². The zero-order chi connectivity index (χ0) is 23.3. The lowest BCUT2D eigenvalue weighted by molar-refractivity contribution is 0.355. The number of benzene rings is 1. The van der Waals surface area contributed by atoms with Gasteiger partial charge in [-0.1, -0.05) is 102 Å². The van der Waals surface area contributed by atoms with Crippen molar-refractivity contribution in [1.29, 1.82) is 0 Å². The molecule has 0 radical (unpaired) electrons. The first kappa shape index (κ1) is 27.9. The minimum absolute atomic E-state index is 0.104. The van der Waals surface area contributed by atoms with E-state index in [9.17, 15) is 8.42 Å². The topological polar surface area (TPSA) is 43.4 Å². The maximum atomic E-state index is 12.3. The van der Waals surface area contributed by atoms with Gasteiger partial charge in [0.25, 0.3) is 10.1 Å². The molecule has 0 N–H and O–H groups in total. The Balaban J connectivity index is 2.21. The fourth-order valence-corrected chi connectivity index (χ4v) is 5.06. The monoisotopic (exact) mass is 450 g/mol. The first-order valence-electron chi connectivity index (χ1n) is 12.2. The van der Waals surface area contributed by atoms with E-state index < -0.39 is 10.1 Å². The van der Waals surface area contributed by atoms with Gasteiger partial charge in [-0.2, -0.15) is 8.42 Å². The highest BCUT2D eigenvalue weighted by Crippen LogP contribution is 2.22. The Labute approximate surface area is 192 Å². The first-order valence-corrected chi connectivity index (χ1v) is 13.6. The van der Waals surface area contributed by atoms with E-state index in [1.807, 2.05) is 12.1 Å². The third kappa shape index (κ3) is 12.5. The van der Waals surface area contributed by atoms with Gasteiger partial charge < -0.3 is 0 Å². The Morgan fingerprint density at radius 1 is 0.903 bits per heavy atom. The van der Waals surface area contributed by atoms with Crippen LogP contribution in [0.2, 0.25) is 0 Å². The second-order valence-electron chi connectivity index (χ2n) is 9.91. The third-order valence-corrected chi connectivity index (χ3v) is 7.60. The Kier molecular flexibility index (Phi) is 13.4. The lowest BCUT2D eigenvalue weighted by Gasteiger charge is -2.15. The van der Waals surface area contributed by atoms with Gasteiger partial charge >= 0.3 is 0 Å². The van der Waals surface area contributed by atoms with Crippen LogP contribution < -0.4 is 0 Å². The minimum atomic E-state index is -3.69. The summed E-state index contributed by atoms with van der Waals surface area (Å²) in [6, 6.07) is 6.92. The summed E-state index contributed by atoms with van der Waals surface area (Å²) in [7, 11) is -3.69. The molecule has 0 bridgehead atoms. The zero-order valence-electron chi connectivity index (χ0n) is 20.8. The maximum absolute atomic E-state index is 12.3. The van der Waals surface area contributed by atoms with Gasteiger partial charge in [-0.05, 0) is 56.1 Å². The predicted octanol–water partition coefficient (Wildman–Crippen LogP) is 8.09. The molecule has 31 heavy (non-hydrogen) atoms. The average molecular weight is 451 g/mol. The zero-order valence-corrected chi connectivity index (χ0v) is 21.6. The normalized spacial score (nSPS) is 14.7. The molecule has 1 rings (SSSR count). The van der Waals surface area contributed by atoms with Gasteiger partial charge in [-0.3, -0.25) is 4.18 Å². The molecule has 0 fully saturated rings. The molecule has 4 heteroatoms. The van der Waals surface area contributed by atoms with Crippen LogP contribution in [0.4, 0.5) is 0 Å². The fourth-order valence-electron chi connectivity index (χ4n) is 3.98. The standard InChI is InChI=1S/C27H46O3S/c1-22(2)12-9-13-23(3)14-10-15-24(4)16-11-17-25(5)20-21-30-31(28,29)27-19-8-7-18-26(27)6/h7-8,18-20,22-24H,9-17,21H2,1-6H3/b25-20+/t23-,24-/m1/s1. The van der Waals surface area contributed by atoms with Gasteiger partial charge in [0.1, 0.15) is 0 Å². The molecular weight excluding hydrogens is 404 g/mol. The molecule has 178 valence electrons. The first-order chi connectivity index (χ1) is 14.6. The van der Waals surface area contributed by atoms with Crippen LogP contribution in [-0.2, 0) is 14.3 Å². The average Bonchev–Trinajstić information content (AvgIpc) is 2.67. The quantitative estimate of drug-likeness (QED) is 0.189. The third-order valence-electron chi connectivity index (χ3n) is 6.16. The van der Waals surface area contributed by atoms with Gasteiger partial charge in [-0.15, -0.1) is 0 Å². The van der Waals surface area contributed by atoms with Crippen molar-refractivity contribution in [2.75, 3.05) is 6.61 Å². The smallest absolute Gasteiger partial charge is 0.262 e. The summed E-state index contributed by atoms with van der Waals surface area (Å²) in [5.74, 6) is 2.44. The highest BCUT2D eigenvalue weighted by Gasteiger charge is 2.16. The van der Waals surface area contributed by atoms with Crippen LogP contribution in [0.3, 0.4) is 0 Å². The van der Waals surface area contributed by atoms with Gasteiger partial charge in [0, 0.05) is 0 Å². The Morgan fingerprint density at radius 2 is 1.45 bits per heavy atom. The van der Waals surface area contributed by atoms with Crippen molar-refractivity contribution in [2.24, 2.45) is 17.8 Å². The highest BCUT2D eigenvalue weighted by atomic mass is 32.2. The molecule has 0 saturated heterocycles. The lowest BCUT2D eigenvalue weighted by atomic mass is 9.91. The molecule has 0 saturated carbocycles. The molecule has 0 spiro atoms. The largest absolute Gasteiger partial charge is 0.297 e. The van der Waals surface area contributed by atoms with Gasteiger partial charge in [-0.25, -0.2) is 0 Å². The predicted molar refractivity (Wildman–Crippen MR) is 133 cm³/mol. The summed E-state index contributed by atoms with van der Waals surface area (Å²) < 4.78 is 29.9. The fraction of sp³-hybridized carbons (Fsp3) is 0.704. The molecule has 2 atom stereocenters. The van der Waals surface area contributed by atoms with Crippen LogP contribution in [0, 0.1) is 24.7 Å².